The second-order valence-electron chi connectivity index (χ2n) is 6.11. The summed E-state index contributed by atoms with van der Waals surface area (Å²) in [6, 6.07) is 4.09. The Bertz CT molecular complexity index is 1050. The number of aromatic nitrogens is 5. The summed E-state index contributed by atoms with van der Waals surface area (Å²) in [7, 11) is 1.40. The van der Waals surface area contributed by atoms with E-state index in [-0.39, 0.29) is 23.0 Å². The quantitative estimate of drug-likeness (QED) is 0.623. The Balaban J connectivity index is 1.71. The van der Waals surface area contributed by atoms with Crippen molar-refractivity contribution in [1.82, 2.24) is 30.3 Å². The molecule has 3 heterocycles. The molecule has 0 atom stereocenters. The topological polar surface area (TPSA) is 97.6 Å². The predicted octanol–water partition coefficient (Wildman–Crippen LogP) is 3.57. The van der Waals surface area contributed by atoms with E-state index in [1.165, 1.54) is 25.5 Å². The summed E-state index contributed by atoms with van der Waals surface area (Å²) < 4.78 is 40.6. The van der Waals surface area contributed by atoms with Crippen LogP contribution >= 0.6 is 11.6 Å². The molecule has 0 spiro atoms. The van der Waals surface area contributed by atoms with Crippen molar-refractivity contribution in [3.05, 3.63) is 52.7 Å². The van der Waals surface area contributed by atoms with Crippen molar-refractivity contribution >= 4 is 23.3 Å². The van der Waals surface area contributed by atoms with Crippen LogP contribution in [-0.4, -0.2) is 31.0 Å². The second kappa shape index (κ2) is 8.03. The number of halogens is 4. The van der Waals surface area contributed by atoms with Gasteiger partial charge in [0.1, 0.15) is 5.15 Å². The lowest BCUT2D eigenvalue weighted by molar-refractivity contribution is -0.141. The number of hydrogen-bond donors (Lipinski definition) is 2. The fourth-order valence-electron chi connectivity index (χ4n) is 2.59. The molecule has 3 rings (SSSR count). The lowest BCUT2D eigenvalue weighted by atomic mass is 10.1. The van der Waals surface area contributed by atoms with Gasteiger partial charge in [0.15, 0.2) is 5.69 Å². The zero-order valence-electron chi connectivity index (χ0n) is 15.3. The van der Waals surface area contributed by atoms with Crippen LogP contribution in [0.4, 0.5) is 23.7 Å². The summed E-state index contributed by atoms with van der Waals surface area (Å²) in [5.41, 5.74) is 0.195. The minimum atomic E-state index is -4.61. The number of nitrogens with zero attached hydrogens (tertiary/aromatic N) is 5. The van der Waals surface area contributed by atoms with Crippen LogP contribution < -0.4 is 10.6 Å². The van der Waals surface area contributed by atoms with Gasteiger partial charge in [-0.1, -0.05) is 11.6 Å². The van der Waals surface area contributed by atoms with E-state index in [4.69, 9.17) is 11.6 Å². The molecule has 0 saturated heterocycles. The standard InChI is InChI=1S/C17H15ClF3N7O/c1-9-5-11(7-23-16(29)24-10-3-4-22-13(18)6-10)25-26-14(9)12-8-28(2)27-15(12)17(19,20)21/h3-6,8H,7H2,1-2H3,(H2,22,23,24,29). The van der Waals surface area contributed by atoms with Crippen molar-refractivity contribution in [2.75, 3.05) is 5.32 Å². The highest BCUT2D eigenvalue weighted by atomic mass is 35.5. The minimum absolute atomic E-state index is 0.0257. The number of hydrogen-bond acceptors (Lipinski definition) is 5. The van der Waals surface area contributed by atoms with Gasteiger partial charge in [-0.15, -0.1) is 5.10 Å². The molecular formula is C17H15ClF3N7O. The van der Waals surface area contributed by atoms with Crippen molar-refractivity contribution in [1.29, 1.82) is 0 Å². The fraction of sp³-hybridized carbons (Fsp3) is 0.235. The van der Waals surface area contributed by atoms with Gasteiger partial charge in [0.2, 0.25) is 0 Å². The molecule has 2 amide bonds. The van der Waals surface area contributed by atoms with Crippen molar-refractivity contribution in [3.8, 4) is 11.3 Å². The Morgan fingerprint density at radius 3 is 2.69 bits per heavy atom. The van der Waals surface area contributed by atoms with Gasteiger partial charge in [-0.2, -0.15) is 23.4 Å². The van der Waals surface area contributed by atoms with E-state index >= 15 is 0 Å². The van der Waals surface area contributed by atoms with Gasteiger partial charge < -0.3 is 10.6 Å². The van der Waals surface area contributed by atoms with E-state index < -0.39 is 17.9 Å². The average molecular weight is 426 g/mol. The number of anilines is 1. The first-order valence-electron chi connectivity index (χ1n) is 8.24. The van der Waals surface area contributed by atoms with Gasteiger partial charge >= 0.3 is 12.2 Å². The maximum absolute atomic E-state index is 13.2. The second-order valence-corrected chi connectivity index (χ2v) is 6.49. The molecule has 8 nitrogen and oxygen atoms in total. The van der Waals surface area contributed by atoms with Gasteiger partial charge in [-0.25, -0.2) is 9.78 Å². The molecule has 12 heteroatoms. The van der Waals surface area contributed by atoms with Crippen LogP contribution in [0.5, 0.6) is 0 Å². The third-order valence-electron chi connectivity index (χ3n) is 3.80. The number of aryl methyl sites for hydroxylation is 2. The third kappa shape index (κ3) is 4.99. The van der Waals surface area contributed by atoms with Gasteiger partial charge in [0.25, 0.3) is 0 Å². The number of rotatable bonds is 4. The van der Waals surface area contributed by atoms with Crippen LogP contribution in [0.25, 0.3) is 11.3 Å². The molecule has 0 aliphatic carbocycles. The number of amides is 2. The predicted molar refractivity (Wildman–Crippen MR) is 99.1 cm³/mol. The zero-order valence-corrected chi connectivity index (χ0v) is 16.0. The van der Waals surface area contributed by atoms with Crippen LogP contribution in [0.3, 0.4) is 0 Å². The number of carbonyl (C=O) groups is 1. The molecule has 152 valence electrons. The summed E-state index contributed by atoms with van der Waals surface area (Å²) >= 11 is 5.75. The van der Waals surface area contributed by atoms with Gasteiger partial charge in [0, 0.05) is 25.1 Å². The molecule has 3 aromatic rings. The molecule has 0 bridgehead atoms. The SMILES string of the molecule is Cc1cc(CNC(=O)Nc2ccnc(Cl)c2)nnc1-c1cn(C)nc1C(F)(F)F. The highest BCUT2D eigenvalue weighted by Gasteiger charge is 2.38. The highest BCUT2D eigenvalue weighted by Crippen LogP contribution is 2.36. The Hall–Kier alpha value is -3.21. The molecule has 0 fully saturated rings. The van der Waals surface area contributed by atoms with Gasteiger partial charge in [0.05, 0.1) is 23.5 Å². The number of carbonyl (C=O) groups excluding carboxylic acids is 1. The van der Waals surface area contributed by atoms with Crippen molar-refractivity contribution in [3.63, 3.8) is 0 Å². The van der Waals surface area contributed by atoms with Crippen LogP contribution in [-0.2, 0) is 19.8 Å². The first-order chi connectivity index (χ1) is 13.6. The van der Waals surface area contributed by atoms with E-state index in [1.807, 2.05) is 0 Å². The Labute approximate surface area is 168 Å². The Kier molecular flexibility index (Phi) is 5.69. The Morgan fingerprint density at radius 2 is 2.03 bits per heavy atom. The van der Waals surface area contributed by atoms with E-state index in [0.29, 0.717) is 16.9 Å². The molecule has 0 aromatic carbocycles. The molecule has 0 saturated carbocycles. The largest absolute Gasteiger partial charge is 0.435 e. The fourth-order valence-corrected chi connectivity index (χ4v) is 2.76. The normalized spacial score (nSPS) is 11.4. The molecular weight excluding hydrogens is 411 g/mol. The monoisotopic (exact) mass is 425 g/mol. The van der Waals surface area contributed by atoms with Crippen LogP contribution in [0.2, 0.25) is 5.15 Å². The van der Waals surface area contributed by atoms with E-state index in [2.05, 4.69) is 30.9 Å². The highest BCUT2D eigenvalue weighted by molar-refractivity contribution is 6.29. The van der Waals surface area contributed by atoms with Gasteiger partial charge in [-0.05, 0) is 30.7 Å². The van der Waals surface area contributed by atoms with Gasteiger partial charge in [-0.3, -0.25) is 4.68 Å². The first kappa shape index (κ1) is 20.5. The number of urea groups is 1. The summed E-state index contributed by atoms with van der Waals surface area (Å²) in [5.74, 6) is 0. The minimum Gasteiger partial charge on any atom is -0.332 e. The first-order valence-corrected chi connectivity index (χ1v) is 8.62. The number of nitrogens with one attached hydrogen (secondary N) is 2. The lowest BCUT2D eigenvalue weighted by Gasteiger charge is -2.10. The smallest absolute Gasteiger partial charge is 0.332 e. The maximum atomic E-state index is 13.2. The molecule has 0 aliphatic heterocycles. The van der Waals surface area contributed by atoms with E-state index in [1.54, 1.807) is 19.1 Å². The van der Waals surface area contributed by atoms with Crippen molar-refractivity contribution < 1.29 is 18.0 Å². The van der Waals surface area contributed by atoms with Crippen molar-refractivity contribution in [2.24, 2.45) is 7.05 Å². The molecule has 0 unspecified atom stereocenters. The number of pyridine rings is 1. The van der Waals surface area contributed by atoms with Crippen LogP contribution in [0.1, 0.15) is 17.0 Å². The van der Waals surface area contributed by atoms with Crippen LogP contribution in [0, 0.1) is 6.92 Å². The molecule has 0 aliphatic rings. The van der Waals surface area contributed by atoms with Crippen molar-refractivity contribution in [2.45, 2.75) is 19.6 Å². The molecule has 0 radical (unpaired) electrons. The molecule has 29 heavy (non-hydrogen) atoms. The number of alkyl halides is 3. The van der Waals surface area contributed by atoms with E-state index in [9.17, 15) is 18.0 Å². The Morgan fingerprint density at radius 1 is 1.28 bits per heavy atom. The lowest BCUT2D eigenvalue weighted by Crippen LogP contribution is -2.28. The zero-order chi connectivity index (χ0) is 21.2. The molecule has 2 N–H and O–H groups in total. The molecule has 3 aromatic heterocycles. The summed E-state index contributed by atoms with van der Waals surface area (Å²) in [6.45, 7) is 1.64. The summed E-state index contributed by atoms with van der Waals surface area (Å²) in [4.78, 5) is 15.8. The summed E-state index contributed by atoms with van der Waals surface area (Å²) in [5, 5.41) is 16.7. The summed E-state index contributed by atoms with van der Waals surface area (Å²) in [6.07, 6.45) is -1.93. The maximum Gasteiger partial charge on any atom is 0.435 e. The van der Waals surface area contributed by atoms with E-state index in [0.717, 1.165) is 4.68 Å². The third-order valence-corrected chi connectivity index (χ3v) is 4.01. The van der Waals surface area contributed by atoms with Crippen LogP contribution in [0.15, 0.2) is 30.6 Å². The average Bonchev–Trinajstić information content (AvgIpc) is 3.02.